The molecule has 8 heteroatoms. The minimum atomic E-state index is -4.01. The Bertz CT molecular complexity index is 771. The Kier molecular flexibility index (Phi) is 5.06. The number of hydrogen-bond acceptors (Lipinski definition) is 7. The van der Waals surface area contributed by atoms with Crippen molar-refractivity contribution in [1.82, 2.24) is 0 Å². The number of ether oxygens (including phenoxy) is 2. The second kappa shape index (κ2) is 6.61. The van der Waals surface area contributed by atoms with Gasteiger partial charge >= 0.3 is 11.9 Å². The molecule has 0 atom stereocenters. The summed E-state index contributed by atoms with van der Waals surface area (Å²) in [7, 11) is -4.01. The number of esters is 2. The Morgan fingerprint density at radius 2 is 1.60 bits per heavy atom. The van der Waals surface area contributed by atoms with Crippen molar-refractivity contribution in [2.24, 2.45) is 5.41 Å². The monoisotopic (exact) mass is 368 g/mol. The van der Waals surface area contributed by atoms with Crippen molar-refractivity contribution in [3.8, 4) is 0 Å². The molecule has 0 amide bonds. The van der Waals surface area contributed by atoms with E-state index in [-0.39, 0.29) is 0 Å². The number of hydrogen-bond donors (Lipinski definition) is 0. The van der Waals surface area contributed by atoms with Gasteiger partial charge in [-0.25, -0.2) is 0 Å². The molecule has 1 aromatic rings. The summed E-state index contributed by atoms with van der Waals surface area (Å²) in [6.07, 6.45) is 1.64. The molecular formula is C17H20O7S. The highest BCUT2D eigenvalue weighted by atomic mass is 32.2. The summed E-state index contributed by atoms with van der Waals surface area (Å²) < 4.78 is 39.2. The van der Waals surface area contributed by atoms with Crippen LogP contribution >= 0.6 is 0 Å². The molecule has 1 heterocycles. The second-order valence-corrected chi connectivity index (χ2v) is 8.06. The summed E-state index contributed by atoms with van der Waals surface area (Å²) in [5.74, 6) is -3.56. The van der Waals surface area contributed by atoms with Crippen LogP contribution in [0.15, 0.2) is 30.8 Å². The summed E-state index contributed by atoms with van der Waals surface area (Å²) in [6, 6.07) is 6.70. The molecule has 0 N–H and O–H groups in total. The molecule has 0 aromatic heterocycles. The minimum absolute atomic E-state index is 0.393. The first-order valence-electron chi connectivity index (χ1n) is 7.53. The topological polar surface area (TPSA) is 96.0 Å². The first kappa shape index (κ1) is 19.1. The summed E-state index contributed by atoms with van der Waals surface area (Å²) in [4.78, 5) is 24.2. The Labute approximate surface area is 146 Å². The molecule has 136 valence electrons. The van der Waals surface area contributed by atoms with E-state index in [2.05, 4.69) is 6.58 Å². The van der Waals surface area contributed by atoms with Gasteiger partial charge in [-0.15, -0.1) is 0 Å². The van der Waals surface area contributed by atoms with E-state index in [1.807, 2.05) is 0 Å². The lowest BCUT2D eigenvalue weighted by Crippen LogP contribution is -2.54. The molecular weight excluding hydrogens is 348 g/mol. The van der Waals surface area contributed by atoms with E-state index >= 15 is 0 Å². The molecule has 1 saturated heterocycles. The SMILES string of the molecule is C=Cc1ccc(CS(=O)(=O)OCC2(C)C(=O)OC(C)(C)OC2=O)cc1. The van der Waals surface area contributed by atoms with Crippen molar-refractivity contribution in [2.75, 3.05) is 6.61 Å². The molecule has 0 radical (unpaired) electrons. The van der Waals surface area contributed by atoms with Crippen molar-refractivity contribution in [2.45, 2.75) is 32.3 Å². The maximum Gasteiger partial charge on any atom is 0.328 e. The zero-order valence-corrected chi connectivity index (χ0v) is 15.1. The normalized spacial score (nSPS) is 19.0. The van der Waals surface area contributed by atoms with Crippen molar-refractivity contribution >= 4 is 28.1 Å². The molecule has 0 saturated carbocycles. The highest BCUT2D eigenvalue weighted by molar-refractivity contribution is 7.85. The van der Waals surface area contributed by atoms with Crippen LogP contribution in [0.1, 0.15) is 31.9 Å². The van der Waals surface area contributed by atoms with Gasteiger partial charge in [0.05, 0.1) is 6.61 Å². The zero-order valence-electron chi connectivity index (χ0n) is 14.3. The van der Waals surface area contributed by atoms with Gasteiger partial charge in [-0.05, 0) is 18.1 Å². The Balaban J connectivity index is 2.06. The van der Waals surface area contributed by atoms with Gasteiger partial charge in [-0.1, -0.05) is 36.9 Å². The predicted octanol–water partition coefficient (Wildman–Crippen LogP) is 2.02. The van der Waals surface area contributed by atoms with Crippen molar-refractivity contribution < 1.29 is 31.7 Å². The van der Waals surface area contributed by atoms with Gasteiger partial charge in [0.25, 0.3) is 15.9 Å². The first-order chi connectivity index (χ1) is 11.5. The number of carbonyl (C=O) groups is 2. The maximum absolute atomic E-state index is 12.1. The van der Waals surface area contributed by atoms with E-state index in [4.69, 9.17) is 13.7 Å². The number of carbonyl (C=O) groups excluding carboxylic acids is 2. The highest BCUT2D eigenvalue weighted by Gasteiger charge is 2.54. The van der Waals surface area contributed by atoms with Crippen LogP contribution in [0.3, 0.4) is 0 Å². The molecule has 1 aliphatic rings. The number of rotatable bonds is 6. The quantitative estimate of drug-likeness (QED) is 0.430. The lowest BCUT2D eigenvalue weighted by atomic mass is 9.91. The number of cyclic esters (lactones) is 2. The zero-order chi connectivity index (χ0) is 18.9. The van der Waals surface area contributed by atoms with Gasteiger partial charge in [0, 0.05) is 13.8 Å². The first-order valence-corrected chi connectivity index (χ1v) is 9.10. The van der Waals surface area contributed by atoms with Crippen LogP contribution in [0, 0.1) is 5.41 Å². The fourth-order valence-corrected chi connectivity index (χ4v) is 3.20. The molecule has 1 aliphatic heterocycles. The molecule has 0 spiro atoms. The predicted molar refractivity (Wildman–Crippen MR) is 89.5 cm³/mol. The lowest BCUT2D eigenvalue weighted by Gasteiger charge is -2.37. The van der Waals surface area contributed by atoms with Gasteiger partial charge in [-0.3, -0.25) is 13.8 Å². The van der Waals surface area contributed by atoms with E-state index in [0.29, 0.717) is 5.56 Å². The van der Waals surface area contributed by atoms with Crippen LogP contribution in [-0.2, 0) is 39.1 Å². The van der Waals surface area contributed by atoms with Crippen LogP contribution < -0.4 is 0 Å². The fraction of sp³-hybridized carbons (Fsp3) is 0.412. The third-order valence-corrected chi connectivity index (χ3v) is 4.83. The van der Waals surface area contributed by atoms with Crippen molar-refractivity contribution in [3.63, 3.8) is 0 Å². The highest BCUT2D eigenvalue weighted by Crippen LogP contribution is 2.32. The van der Waals surface area contributed by atoms with Gasteiger partial charge in [-0.2, -0.15) is 8.42 Å². The Morgan fingerprint density at radius 3 is 2.08 bits per heavy atom. The smallest absolute Gasteiger partial charge is 0.328 e. The number of benzene rings is 1. The summed E-state index contributed by atoms with van der Waals surface area (Å²) in [5.41, 5.74) is -0.481. The molecule has 2 rings (SSSR count). The molecule has 1 fully saturated rings. The lowest BCUT2D eigenvalue weighted by molar-refractivity contribution is -0.251. The van der Waals surface area contributed by atoms with Gasteiger partial charge in [0.2, 0.25) is 0 Å². The Hall–Kier alpha value is -2.19. The largest absolute Gasteiger partial charge is 0.422 e. The van der Waals surface area contributed by atoms with E-state index in [1.54, 1.807) is 30.3 Å². The molecule has 1 aromatic carbocycles. The minimum Gasteiger partial charge on any atom is -0.422 e. The fourth-order valence-electron chi connectivity index (χ4n) is 2.10. The van der Waals surface area contributed by atoms with E-state index in [1.165, 1.54) is 20.8 Å². The molecule has 0 unspecified atom stereocenters. The molecule has 25 heavy (non-hydrogen) atoms. The standard InChI is InChI=1S/C17H20O7S/c1-5-12-6-8-13(9-7-12)10-25(20,21)22-11-17(4)14(18)23-16(2,3)24-15(17)19/h5-9H,1,10-11H2,2-4H3. The average molecular weight is 368 g/mol. The molecule has 0 aliphatic carbocycles. The summed E-state index contributed by atoms with van der Waals surface area (Å²) >= 11 is 0. The van der Waals surface area contributed by atoms with Crippen LogP contribution in [0.4, 0.5) is 0 Å². The molecule has 0 bridgehead atoms. The summed E-state index contributed by atoms with van der Waals surface area (Å²) in [6.45, 7) is 6.97. The van der Waals surface area contributed by atoms with Gasteiger partial charge in [0.15, 0.2) is 5.41 Å². The molecule has 7 nitrogen and oxygen atoms in total. The second-order valence-electron chi connectivity index (χ2n) is 6.42. The van der Waals surface area contributed by atoms with E-state index in [9.17, 15) is 18.0 Å². The van der Waals surface area contributed by atoms with Crippen LogP contribution in [0.5, 0.6) is 0 Å². The van der Waals surface area contributed by atoms with Gasteiger partial charge < -0.3 is 9.47 Å². The third kappa shape index (κ3) is 4.46. The van der Waals surface area contributed by atoms with Crippen molar-refractivity contribution in [3.05, 3.63) is 42.0 Å². The van der Waals surface area contributed by atoms with E-state index in [0.717, 1.165) is 5.56 Å². The Morgan fingerprint density at radius 1 is 1.08 bits per heavy atom. The third-order valence-electron chi connectivity index (χ3n) is 3.66. The van der Waals surface area contributed by atoms with Crippen molar-refractivity contribution in [1.29, 1.82) is 0 Å². The van der Waals surface area contributed by atoms with Crippen LogP contribution in [0.2, 0.25) is 0 Å². The average Bonchev–Trinajstić information content (AvgIpc) is 2.51. The summed E-state index contributed by atoms with van der Waals surface area (Å²) in [5, 5.41) is 0. The van der Waals surface area contributed by atoms with Gasteiger partial charge in [0.1, 0.15) is 5.75 Å². The maximum atomic E-state index is 12.1. The van der Waals surface area contributed by atoms with Crippen LogP contribution in [0.25, 0.3) is 6.08 Å². The van der Waals surface area contributed by atoms with Crippen LogP contribution in [-0.4, -0.2) is 32.8 Å². The van der Waals surface area contributed by atoms with E-state index < -0.39 is 45.6 Å².